The molecule has 0 unspecified atom stereocenters. The van der Waals surface area contributed by atoms with E-state index in [1.54, 1.807) is 0 Å². The molecule has 0 rings (SSSR count). The van der Waals surface area contributed by atoms with Crippen molar-refractivity contribution in [2.24, 2.45) is 16.0 Å². The second-order valence-electron chi connectivity index (χ2n) is 1.39. The Labute approximate surface area is 69.1 Å². The molecule has 11 heavy (non-hydrogen) atoms. The third-order valence-electron chi connectivity index (χ3n) is 0.617. The van der Waals surface area contributed by atoms with Gasteiger partial charge in [-0.3, -0.25) is 0 Å². The monoisotopic (exact) mass is 173 g/mol. The Morgan fingerprint density at radius 1 is 1.82 bits per heavy atom. The lowest BCUT2D eigenvalue weighted by Gasteiger charge is -1.93. The Balaban J connectivity index is 4.01. The van der Waals surface area contributed by atoms with Gasteiger partial charge in [-0.1, -0.05) is 5.16 Å². The summed E-state index contributed by atoms with van der Waals surface area (Å²) >= 11 is 3.70. The van der Waals surface area contributed by atoms with Crippen LogP contribution in [0.2, 0.25) is 0 Å². The fourth-order valence-corrected chi connectivity index (χ4v) is 0.394. The van der Waals surface area contributed by atoms with E-state index in [0.29, 0.717) is 0 Å². The molecule has 0 aromatic carbocycles. The Bertz CT molecular complexity index is 194. The number of hydrogen-bond donors (Lipinski definition) is 4. The van der Waals surface area contributed by atoms with Crippen molar-refractivity contribution in [1.82, 2.24) is 5.43 Å². The van der Waals surface area contributed by atoms with Gasteiger partial charge in [-0.25, -0.2) is 22.7 Å². The van der Waals surface area contributed by atoms with Crippen molar-refractivity contribution in [2.75, 3.05) is 0 Å². The van der Waals surface area contributed by atoms with E-state index >= 15 is 0 Å². The maximum absolute atomic E-state index is 10.1. The predicted molar refractivity (Wildman–Crippen MR) is 45.2 cm³/mol. The number of carbonyl (C=O) groups is 1. The summed E-state index contributed by atoms with van der Waals surface area (Å²) in [6, 6.07) is -0.802. The van der Waals surface area contributed by atoms with E-state index in [0.717, 1.165) is 6.21 Å². The van der Waals surface area contributed by atoms with Gasteiger partial charge in [0.2, 0.25) is 0 Å². The maximum Gasteiger partial charge on any atom is 0.332 e. The van der Waals surface area contributed by atoms with Crippen molar-refractivity contribution in [3.8, 4) is 0 Å². The number of oxime groups is 1. The van der Waals surface area contributed by atoms with Gasteiger partial charge in [0.1, 0.15) is 0 Å². The van der Waals surface area contributed by atoms with E-state index in [1.807, 2.05) is 5.43 Å². The number of amides is 2. The van der Waals surface area contributed by atoms with Crippen molar-refractivity contribution in [3.05, 3.63) is 0 Å². The molecule has 0 aromatic rings. The average molecular weight is 173 g/mol. The lowest BCUT2D eigenvalue weighted by molar-refractivity contribution is 0.249. The van der Waals surface area contributed by atoms with E-state index in [2.05, 4.69) is 28.5 Å². The molecular weight excluding hydrogens is 167 g/mol. The zero-order valence-corrected chi connectivity index (χ0v) is 6.32. The lowest BCUT2D eigenvalue weighted by atomic mass is 10.0. The van der Waals surface area contributed by atoms with Gasteiger partial charge >= 0.3 is 6.03 Å². The molecule has 0 aliphatic heterocycles. The number of thiol groups is 1. The number of carbonyl (C=O) groups excluding carboxylic acids is 1. The summed E-state index contributed by atoms with van der Waals surface area (Å²) in [5.41, 5.74) is 6.79. The number of hydrogen-bond acceptors (Lipinski definition) is 5. The molecule has 4 N–H and O–H groups in total. The third-order valence-corrected chi connectivity index (χ3v) is 0.882. The number of primary amides is 1. The number of urea groups is 1. The fourth-order valence-electron chi connectivity index (χ4n) is 0.270. The molecular formula is C3H6BN4O2S. The predicted octanol–water partition coefficient (Wildman–Crippen LogP) is -1.02. The number of rotatable bonds is 3. The molecule has 8 heteroatoms. The van der Waals surface area contributed by atoms with E-state index in [1.165, 1.54) is 6.56 Å². The first-order valence-corrected chi connectivity index (χ1v) is 3.00. The first kappa shape index (κ1) is 9.82. The molecule has 0 fully saturated rings. The molecule has 0 saturated heterocycles. The normalized spacial score (nSPS) is 11.5. The van der Waals surface area contributed by atoms with Gasteiger partial charge in [0.15, 0.2) is 0 Å². The third kappa shape index (κ3) is 5.28. The zero-order valence-electron chi connectivity index (χ0n) is 5.43. The first-order valence-electron chi connectivity index (χ1n) is 2.48. The zero-order chi connectivity index (χ0) is 8.69. The number of nitrogens with two attached hydrogens (primary N) is 1. The molecule has 0 spiro atoms. The molecule has 0 atom stereocenters. The summed E-state index contributed by atoms with van der Waals surface area (Å²) < 4.78 is 0. The summed E-state index contributed by atoms with van der Waals surface area (Å²) in [5.74, 6) is 0. The SMILES string of the molecule is NC(=O)N/N=C([B]S)\C=N\O. The summed E-state index contributed by atoms with van der Waals surface area (Å²) in [6.45, 7) is 1.23. The van der Waals surface area contributed by atoms with E-state index in [4.69, 9.17) is 5.21 Å². The Morgan fingerprint density at radius 2 is 2.45 bits per heavy atom. The molecule has 0 bridgehead atoms. The van der Waals surface area contributed by atoms with E-state index in [9.17, 15) is 4.79 Å². The lowest BCUT2D eigenvalue weighted by Crippen LogP contribution is -2.26. The second-order valence-corrected chi connectivity index (χ2v) is 1.64. The van der Waals surface area contributed by atoms with Crippen LogP contribution < -0.4 is 11.2 Å². The van der Waals surface area contributed by atoms with Gasteiger partial charge in [-0.2, -0.15) is 5.10 Å². The molecule has 0 saturated carbocycles. The second kappa shape index (κ2) is 5.60. The molecule has 0 aliphatic rings. The highest BCUT2D eigenvalue weighted by atomic mass is 32.1. The first-order chi connectivity index (χ1) is 5.20. The number of nitrogens with zero attached hydrogens (tertiary/aromatic N) is 2. The minimum atomic E-state index is -0.802. The van der Waals surface area contributed by atoms with Crippen LogP contribution in [0.3, 0.4) is 0 Å². The minimum Gasteiger partial charge on any atom is -0.411 e. The summed E-state index contributed by atoms with van der Waals surface area (Å²) in [7, 11) is 0. The van der Waals surface area contributed by atoms with Gasteiger partial charge in [-0.15, -0.1) is 0 Å². The van der Waals surface area contributed by atoms with Gasteiger partial charge in [-0.05, 0) is 0 Å². The quantitative estimate of drug-likeness (QED) is 0.144. The number of hydrazone groups is 1. The van der Waals surface area contributed by atoms with Crippen LogP contribution in [0.25, 0.3) is 0 Å². The van der Waals surface area contributed by atoms with Crippen LogP contribution in [0.5, 0.6) is 0 Å². The Morgan fingerprint density at radius 3 is 2.82 bits per heavy atom. The molecule has 0 heterocycles. The Hall–Kier alpha value is -1.18. The van der Waals surface area contributed by atoms with Crippen molar-refractivity contribution in [2.45, 2.75) is 0 Å². The van der Waals surface area contributed by atoms with Crippen LogP contribution in [0.15, 0.2) is 10.3 Å². The van der Waals surface area contributed by atoms with Gasteiger partial charge in [0.25, 0.3) is 6.56 Å². The van der Waals surface area contributed by atoms with Crippen molar-refractivity contribution < 1.29 is 10.0 Å². The van der Waals surface area contributed by atoms with Crippen LogP contribution in [-0.2, 0) is 0 Å². The summed E-state index contributed by atoms with van der Waals surface area (Å²) in [5, 5.41) is 14.1. The van der Waals surface area contributed by atoms with Crippen molar-refractivity contribution in [1.29, 1.82) is 0 Å². The molecule has 2 amide bonds. The molecule has 6 nitrogen and oxygen atoms in total. The van der Waals surface area contributed by atoms with Gasteiger partial charge < -0.3 is 10.9 Å². The largest absolute Gasteiger partial charge is 0.411 e. The van der Waals surface area contributed by atoms with Crippen molar-refractivity contribution in [3.63, 3.8) is 0 Å². The standard InChI is InChI=1S/C3H6BN4O2S/c5-3(9)8-7-2(4-11)1-6-10/h1,10-11H,(H3,5,8,9)/b6-1+,7-2+. The molecule has 1 radical (unpaired) electrons. The molecule has 59 valence electrons. The van der Waals surface area contributed by atoms with Crippen LogP contribution in [0.1, 0.15) is 0 Å². The van der Waals surface area contributed by atoms with E-state index in [-0.39, 0.29) is 5.61 Å². The van der Waals surface area contributed by atoms with Crippen LogP contribution >= 0.6 is 12.5 Å². The van der Waals surface area contributed by atoms with Crippen LogP contribution in [0.4, 0.5) is 4.79 Å². The highest BCUT2D eigenvalue weighted by Gasteiger charge is 1.94. The highest BCUT2D eigenvalue weighted by Crippen LogP contribution is 1.74. The smallest absolute Gasteiger partial charge is 0.332 e. The number of nitrogens with one attached hydrogen (secondary N) is 1. The summed E-state index contributed by atoms with van der Waals surface area (Å²) in [6.07, 6.45) is 0.989. The van der Waals surface area contributed by atoms with Crippen LogP contribution in [-0.4, -0.2) is 29.6 Å². The average Bonchev–Trinajstić information content (AvgIpc) is 1.97. The van der Waals surface area contributed by atoms with Gasteiger partial charge in [0, 0.05) is 0 Å². The highest BCUT2D eigenvalue weighted by molar-refractivity contribution is 8.10. The van der Waals surface area contributed by atoms with Crippen LogP contribution in [0, 0.1) is 0 Å². The minimum absolute atomic E-state index is 0.176. The summed E-state index contributed by atoms with van der Waals surface area (Å²) in [4.78, 5) is 10.1. The maximum atomic E-state index is 10.1. The fraction of sp³-hybridized carbons (Fsp3) is 0. The molecule has 0 aromatic heterocycles. The topological polar surface area (TPSA) is 100 Å². The Kier molecular flexibility index (Phi) is 5.00. The van der Waals surface area contributed by atoms with Gasteiger partial charge in [0.05, 0.1) is 11.8 Å². The van der Waals surface area contributed by atoms with Crippen molar-refractivity contribution >= 4 is 36.9 Å². The molecule has 0 aliphatic carbocycles. The van der Waals surface area contributed by atoms with E-state index < -0.39 is 6.03 Å².